The molecule has 0 atom stereocenters. The van der Waals surface area contributed by atoms with Crippen molar-refractivity contribution in [2.24, 2.45) is 0 Å². The summed E-state index contributed by atoms with van der Waals surface area (Å²) in [5.41, 5.74) is 11.7. The van der Waals surface area contributed by atoms with Gasteiger partial charge in [-0.3, -0.25) is 0 Å². The molecule has 244 valence electrons. The van der Waals surface area contributed by atoms with Gasteiger partial charge in [-0.1, -0.05) is 152 Å². The van der Waals surface area contributed by atoms with Gasteiger partial charge in [-0.25, -0.2) is 0 Å². The minimum Gasteiger partial charge on any atom is -0.310 e. The van der Waals surface area contributed by atoms with Crippen LogP contribution in [-0.4, -0.2) is 4.57 Å². The van der Waals surface area contributed by atoms with Crippen LogP contribution in [0.1, 0.15) is 0 Å². The summed E-state index contributed by atoms with van der Waals surface area (Å²) in [6.07, 6.45) is 0. The van der Waals surface area contributed by atoms with Crippen molar-refractivity contribution in [3.8, 4) is 27.9 Å². The number of hydrogen-bond acceptors (Lipinski definition) is 1. The second-order valence-corrected chi connectivity index (χ2v) is 13.4. The van der Waals surface area contributed by atoms with Crippen LogP contribution in [-0.2, 0) is 0 Å². The van der Waals surface area contributed by atoms with E-state index in [1.54, 1.807) is 0 Å². The SMILES string of the molecule is c1ccc(-c2ccc(N(c3cccc(-c4ccccc4)c3)c3cccc4cc(-n5c6ccccc6c6c7ccccc7ccc65)ccc34)cc2)cc1. The zero-order valence-electron chi connectivity index (χ0n) is 28.5. The maximum Gasteiger partial charge on any atom is 0.0547 e. The van der Waals surface area contributed by atoms with Crippen LogP contribution in [0.4, 0.5) is 17.1 Å². The second kappa shape index (κ2) is 12.5. The highest BCUT2D eigenvalue weighted by atomic mass is 15.1. The lowest BCUT2D eigenvalue weighted by Gasteiger charge is -2.28. The summed E-state index contributed by atoms with van der Waals surface area (Å²) in [5.74, 6) is 0. The molecule has 9 aromatic carbocycles. The highest BCUT2D eigenvalue weighted by Crippen LogP contribution is 2.42. The van der Waals surface area contributed by atoms with E-state index in [9.17, 15) is 0 Å². The lowest BCUT2D eigenvalue weighted by atomic mass is 10.0. The molecule has 0 aliphatic carbocycles. The minimum atomic E-state index is 1.11. The van der Waals surface area contributed by atoms with E-state index < -0.39 is 0 Å². The van der Waals surface area contributed by atoms with Gasteiger partial charge in [0.2, 0.25) is 0 Å². The molecule has 1 heterocycles. The highest BCUT2D eigenvalue weighted by Gasteiger charge is 2.19. The van der Waals surface area contributed by atoms with Crippen LogP contribution < -0.4 is 4.90 Å². The standard InChI is InChI=1S/C50H34N2/c1-3-13-35(14-4-1)37-25-28-41(29-26-37)51(42-20-11-18-39(33-42)36-15-5-2-6-16-36)47-24-12-19-40-34-43(30-31-44(40)47)52-48-23-10-9-22-46(48)50-45-21-8-7-17-38(45)27-32-49(50)52/h1-34H. The summed E-state index contributed by atoms with van der Waals surface area (Å²) >= 11 is 0. The van der Waals surface area contributed by atoms with Crippen LogP contribution in [0.5, 0.6) is 0 Å². The Bertz CT molecular complexity index is 2890. The third kappa shape index (κ3) is 5.04. The average molecular weight is 663 g/mol. The Hall–Kier alpha value is -6.90. The fourth-order valence-corrected chi connectivity index (χ4v) is 7.92. The molecule has 1 aromatic heterocycles. The van der Waals surface area contributed by atoms with Crippen molar-refractivity contribution < 1.29 is 0 Å². The molecule has 0 aliphatic heterocycles. The molecule has 0 fully saturated rings. The zero-order valence-corrected chi connectivity index (χ0v) is 28.5. The van der Waals surface area contributed by atoms with Gasteiger partial charge < -0.3 is 9.47 Å². The topological polar surface area (TPSA) is 8.17 Å². The van der Waals surface area contributed by atoms with E-state index in [-0.39, 0.29) is 0 Å². The maximum absolute atomic E-state index is 2.42. The van der Waals surface area contributed by atoms with Crippen LogP contribution in [0.15, 0.2) is 206 Å². The molecule has 0 N–H and O–H groups in total. The van der Waals surface area contributed by atoms with Crippen molar-refractivity contribution in [3.05, 3.63) is 206 Å². The van der Waals surface area contributed by atoms with E-state index in [0.29, 0.717) is 0 Å². The van der Waals surface area contributed by atoms with E-state index in [1.807, 2.05) is 0 Å². The first-order valence-electron chi connectivity index (χ1n) is 17.9. The van der Waals surface area contributed by atoms with E-state index in [1.165, 1.54) is 65.6 Å². The van der Waals surface area contributed by atoms with E-state index in [2.05, 4.69) is 216 Å². The monoisotopic (exact) mass is 662 g/mol. The Balaban J connectivity index is 1.15. The van der Waals surface area contributed by atoms with Crippen LogP contribution in [0, 0.1) is 0 Å². The Morgan fingerprint density at radius 2 is 0.962 bits per heavy atom. The van der Waals surface area contributed by atoms with Crippen molar-refractivity contribution in [2.75, 3.05) is 4.90 Å². The van der Waals surface area contributed by atoms with E-state index in [4.69, 9.17) is 0 Å². The Labute approximate surface area is 303 Å². The summed E-state index contributed by atoms with van der Waals surface area (Å²) < 4.78 is 2.42. The number of fused-ring (bicyclic) bond motifs is 6. The van der Waals surface area contributed by atoms with E-state index >= 15 is 0 Å². The van der Waals surface area contributed by atoms with Crippen LogP contribution in [0.2, 0.25) is 0 Å². The van der Waals surface area contributed by atoms with E-state index in [0.717, 1.165) is 22.7 Å². The first-order valence-corrected chi connectivity index (χ1v) is 17.9. The fraction of sp³-hybridized carbons (Fsp3) is 0. The first kappa shape index (κ1) is 30.0. The summed E-state index contributed by atoms with van der Waals surface area (Å²) in [6, 6.07) is 74.6. The van der Waals surface area contributed by atoms with Gasteiger partial charge in [0.25, 0.3) is 0 Å². The molecular formula is C50H34N2. The molecule has 10 aromatic rings. The number of hydrogen-bond donors (Lipinski definition) is 0. The molecule has 2 nitrogen and oxygen atoms in total. The lowest BCUT2D eigenvalue weighted by Crippen LogP contribution is -2.10. The van der Waals surface area contributed by atoms with Crippen LogP contribution in [0.25, 0.3) is 71.3 Å². The normalized spacial score (nSPS) is 11.5. The number of benzene rings is 9. The number of anilines is 3. The molecule has 0 spiro atoms. The van der Waals surface area contributed by atoms with Crippen molar-refractivity contribution >= 4 is 60.4 Å². The zero-order chi connectivity index (χ0) is 34.4. The largest absolute Gasteiger partial charge is 0.310 e. The maximum atomic E-state index is 2.42. The molecule has 0 aliphatic rings. The van der Waals surface area contributed by atoms with Crippen LogP contribution >= 0.6 is 0 Å². The van der Waals surface area contributed by atoms with Crippen molar-refractivity contribution in [2.45, 2.75) is 0 Å². The summed E-state index contributed by atoms with van der Waals surface area (Å²) in [5, 5.41) is 7.48. The highest BCUT2D eigenvalue weighted by molar-refractivity contribution is 6.21. The van der Waals surface area contributed by atoms with Crippen LogP contribution in [0.3, 0.4) is 0 Å². The van der Waals surface area contributed by atoms with Gasteiger partial charge in [0, 0.05) is 33.2 Å². The molecule has 2 heteroatoms. The minimum absolute atomic E-state index is 1.11. The third-order valence-corrected chi connectivity index (χ3v) is 10.3. The molecule has 52 heavy (non-hydrogen) atoms. The lowest BCUT2D eigenvalue weighted by molar-refractivity contribution is 1.19. The predicted molar refractivity (Wildman–Crippen MR) is 221 cm³/mol. The molecule has 0 amide bonds. The first-order chi connectivity index (χ1) is 25.8. The number of rotatable bonds is 6. The van der Waals surface area contributed by atoms with Crippen molar-refractivity contribution in [1.82, 2.24) is 4.57 Å². The second-order valence-electron chi connectivity index (χ2n) is 13.4. The number of para-hydroxylation sites is 1. The van der Waals surface area contributed by atoms with Crippen molar-refractivity contribution in [3.63, 3.8) is 0 Å². The summed E-state index contributed by atoms with van der Waals surface area (Å²) in [7, 11) is 0. The van der Waals surface area contributed by atoms with Gasteiger partial charge in [-0.15, -0.1) is 0 Å². The molecule has 0 unspecified atom stereocenters. The van der Waals surface area contributed by atoms with Crippen molar-refractivity contribution in [1.29, 1.82) is 0 Å². The number of nitrogens with zero attached hydrogens (tertiary/aromatic N) is 2. The van der Waals surface area contributed by atoms with Gasteiger partial charge in [-0.05, 0) is 93.0 Å². The molecular weight excluding hydrogens is 629 g/mol. The van der Waals surface area contributed by atoms with Gasteiger partial charge in [0.1, 0.15) is 0 Å². The third-order valence-electron chi connectivity index (χ3n) is 10.3. The van der Waals surface area contributed by atoms with Gasteiger partial charge in [0.15, 0.2) is 0 Å². The predicted octanol–water partition coefficient (Wildman–Crippen LogP) is 13.9. The van der Waals surface area contributed by atoms with Gasteiger partial charge >= 0.3 is 0 Å². The summed E-state index contributed by atoms with van der Waals surface area (Å²) in [4.78, 5) is 2.40. The molecule has 0 saturated heterocycles. The Kier molecular flexibility index (Phi) is 7.18. The Morgan fingerprint density at radius 3 is 1.77 bits per heavy atom. The smallest absolute Gasteiger partial charge is 0.0547 e. The molecule has 0 bridgehead atoms. The molecule has 10 rings (SSSR count). The molecule has 0 radical (unpaired) electrons. The number of aromatic nitrogens is 1. The quantitative estimate of drug-likeness (QED) is 0.172. The van der Waals surface area contributed by atoms with Gasteiger partial charge in [0.05, 0.1) is 16.7 Å². The fourth-order valence-electron chi connectivity index (χ4n) is 7.92. The summed E-state index contributed by atoms with van der Waals surface area (Å²) in [6.45, 7) is 0. The molecule has 0 saturated carbocycles. The average Bonchev–Trinajstić information content (AvgIpc) is 3.57. The Morgan fingerprint density at radius 1 is 0.327 bits per heavy atom. The van der Waals surface area contributed by atoms with Gasteiger partial charge in [-0.2, -0.15) is 0 Å².